The number of rotatable bonds is 4. The monoisotopic (exact) mass is 255 g/mol. The second-order valence-corrected chi connectivity index (χ2v) is 4.38. The molecule has 0 aliphatic carbocycles. The summed E-state index contributed by atoms with van der Waals surface area (Å²) in [4.78, 5) is 15.2. The Balaban J connectivity index is 2.01. The van der Waals surface area contributed by atoms with Crippen LogP contribution >= 0.6 is 0 Å². The zero-order valence-electron chi connectivity index (χ0n) is 11.1. The molecule has 0 spiro atoms. The molecule has 2 N–H and O–H groups in total. The minimum atomic E-state index is -0.0671. The number of nitrogens with zero attached hydrogens (tertiary/aromatic N) is 1. The van der Waals surface area contributed by atoms with Crippen LogP contribution in [0.5, 0.6) is 0 Å². The number of anilines is 2. The van der Waals surface area contributed by atoms with E-state index in [-0.39, 0.29) is 11.9 Å². The van der Waals surface area contributed by atoms with Crippen molar-refractivity contribution < 1.29 is 4.79 Å². The number of aromatic nitrogens is 1. The van der Waals surface area contributed by atoms with Gasteiger partial charge in [-0.2, -0.15) is 0 Å². The fourth-order valence-corrected chi connectivity index (χ4v) is 1.81. The summed E-state index contributed by atoms with van der Waals surface area (Å²) in [5, 5.41) is 6.10. The summed E-state index contributed by atoms with van der Waals surface area (Å²) in [7, 11) is 0. The van der Waals surface area contributed by atoms with Gasteiger partial charge >= 0.3 is 0 Å². The molecular formula is C15H17N3O. The molecule has 0 radical (unpaired) electrons. The summed E-state index contributed by atoms with van der Waals surface area (Å²) in [6, 6.07) is 13.6. The first-order valence-electron chi connectivity index (χ1n) is 6.20. The van der Waals surface area contributed by atoms with Crippen molar-refractivity contribution in [2.24, 2.45) is 0 Å². The van der Waals surface area contributed by atoms with Gasteiger partial charge in [0.15, 0.2) is 0 Å². The average Bonchev–Trinajstić information content (AvgIpc) is 2.41. The van der Waals surface area contributed by atoms with E-state index in [1.807, 2.05) is 42.5 Å². The van der Waals surface area contributed by atoms with Gasteiger partial charge in [-0.25, -0.2) is 0 Å². The third-order valence-electron chi connectivity index (χ3n) is 2.72. The highest BCUT2D eigenvalue weighted by molar-refractivity contribution is 5.88. The minimum Gasteiger partial charge on any atom is -0.377 e. The molecule has 0 saturated heterocycles. The molecule has 0 aliphatic rings. The van der Waals surface area contributed by atoms with E-state index in [2.05, 4.69) is 22.5 Å². The fraction of sp³-hybridized carbons (Fsp3) is 0.200. The zero-order valence-corrected chi connectivity index (χ0v) is 11.1. The molecule has 0 aliphatic heterocycles. The first-order valence-corrected chi connectivity index (χ1v) is 6.20. The van der Waals surface area contributed by atoms with Crippen LogP contribution in [-0.4, -0.2) is 10.9 Å². The fourth-order valence-electron chi connectivity index (χ4n) is 1.81. The number of benzene rings is 1. The van der Waals surface area contributed by atoms with E-state index in [1.54, 1.807) is 6.20 Å². The standard InChI is InChI=1S/C15H17N3O/c1-11(15-5-3-4-10-16-15)17-13-6-8-14(9-7-13)18-12(2)19/h3-11,17H,1-2H3,(H,18,19). The maximum absolute atomic E-state index is 10.9. The smallest absolute Gasteiger partial charge is 0.221 e. The Hall–Kier alpha value is -2.36. The maximum Gasteiger partial charge on any atom is 0.221 e. The molecule has 19 heavy (non-hydrogen) atoms. The van der Waals surface area contributed by atoms with Crippen LogP contribution in [0.1, 0.15) is 25.6 Å². The molecule has 0 saturated carbocycles. The second kappa shape index (κ2) is 6.00. The lowest BCUT2D eigenvalue weighted by atomic mass is 10.2. The van der Waals surface area contributed by atoms with Crippen molar-refractivity contribution in [2.45, 2.75) is 19.9 Å². The number of hydrogen-bond acceptors (Lipinski definition) is 3. The number of hydrogen-bond donors (Lipinski definition) is 2. The number of pyridine rings is 1. The van der Waals surface area contributed by atoms with Gasteiger partial charge in [0.1, 0.15) is 0 Å². The molecule has 1 heterocycles. The van der Waals surface area contributed by atoms with Gasteiger partial charge in [0.25, 0.3) is 0 Å². The van der Waals surface area contributed by atoms with E-state index in [4.69, 9.17) is 0 Å². The van der Waals surface area contributed by atoms with E-state index >= 15 is 0 Å². The van der Waals surface area contributed by atoms with Crippen molar-refractivity contribution in [2.75, 3.05) is 10.6 Å². The largest absolute Gasteiger partial charge is 0.377 e. The Labute approximate surface area is 112 Å². The Morgan fingerprint density at radius 2 is 1.79 bits per heavy atom. The second-order valence-electron chi connectivity index (χ2n) is 4.38. The van der Waals surface area contributed by atoms with Crippen molar-refractivity contribution in [3.63, 3.8) is 0 Å². The molecular weight excluding hydrogens is 238 g/mol. The third kappa shape index (κ3) is 3.81. The van der Waals surface area contributed by atoms with Crippen LogP contribution < -0.4 is 10.6 Å². The molecule has 2 aromatic rings. The van der Waals surface area contributed by atoms with E-state index in [0.29, 0.717) is 0 Å². The van der Waals surface area contributed by atoms with Gasteiger partial charge in [0.05, 0.1) is 11.7 Å². The van der Waals surface area contributed by atoms with Gasteiger partial charge < -0.3 is 10.6 Å². The average molecular weight is 255 g/mol. The third-order valence-corrected chi connectivity index (χ3v) is 2.72. The van der Waals surface area contributed by atoms with Crippen LogP contribution in [-0.2, 0) is 4.79 Å². The lowest BCUT2D eigenvalue weighted by Crippen LogP contribution is -2.08. The summed E-state index contributed by atoms with van der Waals surface area (Å²) in [5.74, 6) is -0.0671. The van der Waals surface area contributed by atoms with Crippen LogP contribution in [0.25, 0.3) is 0 Å². The topological polar surface area (TPSA) is 54.0 Å². The summed E-state index contributed by atoms with van der Waals surface area (Å²) < 4.78 is 0. The van der Waals surface area contributed by atoms with Gasteiger partial charge in [-0.05, 0) is 43.3 Å². The van der Waals surface area contributed by atoms with Crippen molar-refractivity contribution in [3.8, 4) is 0 Å². The van der Waals surface area contributed by atoms with Crippen molar-refractivity contribution in [1.29, 1.82) is 0 Å². The number of carbonyl (C=O) groups is 1. The number of amides is 1. The van der Waals surface area contributed by atoms with Gasteiger partial charge in [-0.3, -0.25) is 9.78 Å². The summed E-state index contributed by atoms with van der Waals surface area (Å²) in [5.41, 5.74) is 2.78. The zero-order chi connectivity index (χ0) is 13.7. The van der Waals surface area contributed by atoms with Crippen molar-refractivity contribution in [3.05, 3.63) is 54.4 Å². The summed E-state index contributed by atoms with van der Waals surface area (Å²) in [6.45, 7) is 3.55. The van der Waals surface area contributed by atoms with Crippen LogP contribution in [0.15, 0.2) is 48.7 Å². The van der Waals surface area contributed by atoms with E-state index in [0.717, 1.165) is 17.1 Å². The minimum absolute atomic E-state index is 0.0671. The first kappa shape index (κ1) is 13.1. The van der Waals surface area contributed by atoms with Gasteiger partial charge in [0.2, 0.25) is 5.91 Å². The highest BCUT2D eigenvalue weighted by Crippen LogP contribution is 2.19. The van der Waals surface area contributed by atoms with Crippen LogP contribution in [0.2, 0.25) is 0 Å². The Bertz CT molecular complexity index is 537. The predicted octanol–water partition coefficient (Wildman–Crippen LogP) is 3.21. The first-order chi connectivity index (χ1) is 9.15. The Kier molecular flexibility index (Phi) is 4.13. The van der Waals surface area contributed by atoms with Crippen molar-refractivity contribution >= 4 is 17.3 Å². The van der Waals surface area contributed by atoms with Gasteiger partial charge in [0, 0.05) is 24.5 Å². The molecule has 4 heteroatoms. The SMILES string of the molecule is CC(=O)Nc1ccc(NC(C)c2ccccn2)cc1. The lowest BCUT2D eigenvalue weighted by Gasteiger charge is -2.15. The Morgan fingerprint density at radius 3 is 2.37 bits per heavy atom. The molecule has 0 bridgehead atoms. The van der Waals surface area contributed by atoms with E-state index in [9.17, 15) is 4.79 Å². The lowest BCUT2D eigenvalue weighted by molar-refractivity contribution is -0.114. The predicted molar refractivity (Wildman–Crippen MR) is 77.0 cm³/mol. The molecule has 1 aromatic heterocycles. The van der Waals surface area contributed by atoms with Crippen molar-refractivity contribution in [1.82, 2.24) is 4.98 Å². The number of nitrogens with one attached hydrogen (secondary N) is 2. The van der Waals surface area contributed by atoms with Gasteiger partial charge in [-0.1, -0.05) is 6.07 Å². The molecule has 1 amide bonds. The molecule has 2 rings (SSSR count). The Morgan fingerprint density at radius 1 is 1.11 bits per heavy atom. The molecule has 98 valence electrons. The highest BCUT2D eigenvalue weighted by atomic mass is 16.1. The summed E-state index contributed by atoms with van der Waals surface area (Å²) >= 11 is 0. The summed E-state index contributed by atoms with van der Waals surface area (Å²) in [6.07, 6.45) is 1.79. The van der Waals surface area contributed by atoms with Gasteiger partial charge in [-0.15, -0.1) is 0 Å². The number of carbonyl (C=O) groups excluding carboxylic acids is 1. The maximum atomic E-state index is 10.9. The molecule has 4 nitrogen and oxygen atoms in total. The highest BCUT2D eigenvalue weighted by Gasteiger charge is 2.05. The molecule has 1 aromatic carbocycles. The van der Waals surface area contributed by atoms with Crippen LogP contribution in [0.3, 0.4) is 0 Å². The normalized spacial score (nSPS) is 11.7. The molecule has 1 atom stereocenters. The van der Waals surface area contributed by atoms with Crippen LogP contribution in [0.4, 0.5) is 11.4 Å². The van der Waals surface area contributed by atoms with E-state index in [1.165, 1.54) is 6.92 Å². The van der Waals surface area contributed by atoms with Crippen LogP contribution in [0, 0.1) is 0 Å². The molecule has 0 fully saturated rings. The molecule has 1 unspecified atom stereocenters. The van der Waals surface area contributed by atoms with E-state index < -0.39 is 0 Å². The quantitative estimate of drug-likeness (QED) is 0.882.